The lowest BCUT2D eigenvalue weighted by molar-refractivity contribution is 0.479. The van der Waals surface area contributed by atoms with Gasteiger partial charge in [0.25, 0.3) is 0 Å². The van der Waals surface area contributed by atoms with Crippen molar-refractivity contribution in [3.05, 3.63) is 21.9 Å². The van der Waals surface area contributed by atoms with Crippen molar-refractivity contribution in [2.75, 3.05) is 5.75 Å². The van der Waals surface area contributed by atoms with Gasteiger partial charge >= 0.3 is 0 Å². The van der Waals surface area contributed by atoms with Crippen LogP contribution in [0.3, 0.4) is 0 Å². The van der Waals surface area contributed by atoms with Crippen molar-refractivity contribution in [1.29, 1.82) is 0 Å². The second kappa shape index (κ2) is 4.89. The number of aryl methyl sites for hydroxylation is 1. The number of hydrogen-bond donors (Lipinski definition) is 1. The van der Waals surface area contributed by atoms with Gasteiger partial charge in [0, 0.05) is 32.8 Å². The van der Waals surface area contributed by atoms with Crippen LogP contribution in [0, 0.1) is 6.92 Å². The number of hydrogen-bond acceptors (Lipinski definition) is 3. The Labute approximate surface area is 101 Å². The van der Waals surface area contributed by atoms with E-state index in [-0.39, 0.29) is 0 Å². The van der Waals surface area contributed by atoms with E-state index in [1.54, 1.807) is 0 Å². The third-order valence-electron chi connectivity index (χ3n) is 2.87. The predicted molar refractivity (Wildman–Crippen MR) is 70.9 cm³/mol. The molecule has 1 N–H and O–H groups in total. The summed E-state index contributed by atoms with van der Waals surface area (Å²) in [6.45, 7) is 6.78. The number of thiophene rings is 1. The van der Waals surface area contributed by atoms with Gasteiger partial charge in [0.1, 0.15) is 0 Å². The maximum Gasteiger partial charge on any atom is 0.0388 e. The molecular formula is C12H19NS2. The van der Waals surface area contributed by atoms with E-state index in [0.717, 1.165) is 5.25 Å². The molecule has 1 fully saturated rings. The summed E-state index contributed by atoms with van der Waals surface area (Å²) >= 11 is 4.00. The van der Waals surface area contributed by atoms with Gasteiger partial charge in [0.2, 0.25) is 0 Å². The summed E-state index contributed by atoms with van der Waals surface area (Å²) in [4.78, 5) is 2.88. The summed E-state index contributed by atoms with van der Waals surface area (Å²) in [5.41, 5.74) is 0. The molecule has 15 heavy (non-hydrogen) atoms. The van der Waals surface area contributed by atoms with Gasteiger partial charge < -0.3 is 5.32 Å². The van der Waals surface area contributed by atoms with E-state index in [9.17, 15) is 0 Å². The first kappa shape index (κ1) is 11.5. The second-order valence-corrected chi connectivity index (χ2v) is 7.20. The van der Waals surface area contributed by atoms with Crippen molar-refractivity contribution in [3.63, 3.8) is 0 Å². The van der Waals surface area contributed by atoms with Gasteiger partial charge in [-0.05, 0) is 32.4 Å². The molecular weight excluding hydrogens is 222 g/mol. The molecule has 0 aliphatic carbocycles. The highest BCUT2D eigenvalue weighted by molar-refractivity contribution is 8.00. The first-order valence-corrected chi connectivity index (χ1v) is 7.45. The molecule has 1 nitrogen and oxygen atoms in total. The van der Waals surface area contributed by atoms with E-state index in [1.807, 2.05) is 11.3 Å². The zero-order valence-corrected chi connectivity index (χ0v) is 11.3. The highest BCUT2D eigenvalue weighted by atomic mass is 32.2. The predicted octanol–water partition coefficient (Wildman–Crippen LogP) is 3.60. The van der Waals surface area contributed by atoms with Crippen molar-refractivity contribution in [2.45, 2.75) is 44.5 Å². The Kier molecular flexibility index (Phi) is 3.75. The van der Waals surface area contributed by atoms with Gasteiger partial charge in [0.05, 0.1) is 0 Å². The quantitative estimate of drug-likeness (QED) is 0.868. The van der Waals surface area contributed by atoms with Gasteiger partial charge in [-0.1, -0.05) is 6.92 Å². The average molecular weight is 241 g/mol. The molecule has 2 rings (SSSR count). The van der Waals surface area contributed by atoms with Gasteiger partial charge in [-0.15, -0.1) is 11.3 Å². The largest absolute Gasteiger partial charge is 0.306 e. The minimum absolute atomic E-state index is 0.514. The molecule has 2 heterocycles. The summed E-state index contributed by atoms with van der Waals surface area (Å²) in [5, 5.41) is 4.56. The minimum Gasteiger partial charge on any atom is -0.306 e. The Morgan fingerprint density at radius 2 is 2.27 bits per heavy atom. The van der Waals surface area contributed by atoms with Crippen LogP contribution in [0.15, 0.2) is 12.1 Å². The van der Waals surface area contributed by atoms with Crippen LogP contribution in [0.2, 0.25) is 0 Å². The topological polar surface area (TPSA) is 12.0 Å². The minimum atomic E-state index is 0.514. The zero-order chi connectivity index (χ0) is 10.8. The summed E-state index contributed by atoms with van der Waals surface area (Å²) in [5.74, 6) is 1.27. The van der Waals surface area contributed by atoms with Crippen LogP contribution in [0.4, 0.5) is 0 Å². The highest BCUT2D eigenvalue weighted by Crippen LogP contribution is 2.29. The lowest BCUT2D eigenvalue weighted by atomic mass is 10.1. The van der Waals surface area contributed by atoms with Crippen LogP contribution in [0.25, 0.3) is 0 Å². The van der Waals surface area contributed by atoms with Gasteiger partial charge in [-0.3, -0.25) is 0 Å². The lowest BCUT2D eigenvalue weighted by Gasteiger charge is -2.17. The van der Waals surface area contributed by atoms with E-state index < -0.39 is 0 Å². The van der Waals surface area contributed by atoms with E-state index in [1.165, 1.54) is 21.9 Å². The summed E-state index contributed by atoms with van der Waals surface area (Å²) in [6, 6.07) is 5.69. The molecule has 1 aromatic heterocycles. The molecule has 1 aliphatic rings. The van der Waals surface area contributed by atoms with Gasteiger partial charge in [-0.25, -0.2) is 0 Å². The molecule has 0 spiro atoms. The highest BCUT2D eigenvalue weighted by Gasteiger charge is 2.23. The standard InChI is InChI=1S/C12H19NS2/c1-8-4-5-12(15-8)10(3)13-11-6-9(2)14-7-11/h4-5,9-11,13H,6-7H2,1-3H3. The zero-order valence-electron chi connectivity index (χ0n) is 9.62. The summed E-state index contributed by atoms with van der Waals surface area (Å²) < 4.78 is 0. The molecule has 3 heteroatoms. The van der Waals surface area contributed by atoms with Crippen molar-refractivity contribution < 1.29 is 0 Å². The van der Waals surface area contributed by atoms with Crippen LogP contribution in [0.1, 0.15) is 36.1 Å². The fourth-order valence-electron chi connectivity index (χ4n) is 2.06. The molecule has 1 aromatic rings. The normalized spacial score (nSPS) is 28.2. The Hall–Kier alpha value is 0.01000. The van der Waals surface area contributed by atoms with E-state index >= 15 is 0 Å². The Balaban J connectivity index is 1.89. The van der Waals surface area contributed by atoms with Crippen LogP contribution in [-0.2, 0) is 0 Å². The first-order chi connectivity index (χ1) is 7.15. The third kappa shape index (κ3) is 2.99. The van der Waals surface area contributed by atoms with Crippen molar-refractivity contribution in [3.8, 4) is 0 Å². The number of thioether (sulfide) groups is 1. The smallest absolute Gasteiger partial charge is 0.0388 e. The van der Waals surface area contributed by atoms with E-state index in [0.29, 0.717) is 12.1 Å². The van der Waals surface area contributed by atoms with Crippen LogP contribution < -0.4 is 5.32 Å². The van der Waals surface area contributed by atoms with Crippen LogP contribution in [0.5, 0.6) is 0 Å². The Morgan fingerprint density at radius 3 is 2.80 bits per heavy atom. The van der Waals surface area contributed by atoms with Crippen molar-refractivity contribution >= 4 is 23.1 Å². The van der Waals surface area contributed by atoms with Crippen molar-refractivity contribution in [1.82, 2.24) is 5.32 Å². The van der Waals surface area contributed by atoms with E-state index in [4.69, 9.17) is 0 Å². The van der Waals surface area contributed by atoms with Gasteiger partial charge in [-0.2, -0.15) is 11.8 Å². The maximum atomic E-state index is 3.73. The summed E-state index contributed by atoms with van der Waals surface area (Å²) in [7, 11) is 0. The second-order valence-electron chi connectivity index (χ2n) is 4.41. The number of rotatable bonds is 3. The fraction of sp³-hybridized carbons (Fsp3) is 0.667. The Morgan fingerprint density at radius 1 is 1.47 bits per heavy atom. The lowest BCUT2D eigenvalue weighted by Crippen LogP contribution is -2.31. The van der Waals surface area contributed by atoms with Crippen molar-refractivity contribution in [2.24, 2.45) is 0 Å². The third-order valence-corrected chi connectivity index (χ3v) is 5.41. The molecule has 0 saturated carbocycles. The molecule has 3 atom stereocenters. The van der Waals surface area contributed by atoms with Crippen LogP contribution >= 0.6 is 23.1 Å². The molecule has 0 amide bonds. The molecule has 1 aliphatic heterocycles. The molecule has 1 saturated heterocycles. The summed E-state index contributed by atoms with van der Waals surface area (Å²) in [6.07, 6.45) is 1.32. The maximum absolute atomic E-state index is 3.73. The Bertz CT molecular complexity index is 321. The molecule has 84 valence electrons. The molecule has 0 bridgehead atoms. The van der Waals surface area contributed by atoms with Crippen LogP contribution in [-0.4, -0.2) is 17.0 Å². The van der Waals surface area contributed by atoms with E-state index in [2.05, 4.69) is 50.0 Å². The molecule has 0 radical (unpaired) electrons. The molecule has 0 aromatic carbocycles. The fourth-order valence-corrected chi connectivity index (χ4v) is 4.11. The number of nitrogens with one attached hydrogen (secondary N) is 1. The molecule has 3 unspecified atom stereocenters. The van der Waals surface area contributed by atoms with Gasteiger partial charge in [0.15, 0.2) is 0 Å². The average Bonchev–Trinajstić information content (AvgIpc) is 2.75. The first-order valence-electron chi connectivity index (χ1n) is 5.59. The monoisotopic (exact) mass is 241 g/mol. The SMILES string of the molecule is Cc1ccc(C(C)NC2CSC(C)C2)s1.